The van der Waals surface area contributed by atoms with Gasteiger partial charge in [0.15, 0.2) is 5.58 Å². The normalized spacial score (nSPS) is 20.6. The molecule has 1 saturated heterocycles. The molecule has 1 aromatic carbocycles. The number of morpholine rings is 1. The molecule has 1 N–H and O–H groups in total. The van der Waals surface area contributed by atoms with Crippen LogP contribution in [0.5, 0.6) is 6.08 Å². The van der Waals surface area contributed by atoms with Crippen LogP contribution in [-0.4, -0.2) is 31.8 Å². The highest BCUT2D eigenvalue weighted by Gasteiger charge is 2.20. The van der Waals surface area contributed by atoms with Gasteiger partial charge in [0.2, 0.25) is 0 Å². The third kappa shape index (κ3) is 1.87. The Hall–Kier alpha value is -1.59. The fourth-order valence-electron chi connectivity index (χ4n) is 2.06. The van der Waals surface area contributed by atoms with Crippen molar-refractivity contribution in [3.05, 3.63) is 23.8 Å². The highest BCUT2D eigenvalue weighted by atomic mass is 16.6. The molecule has 17 heavy (non-hydrogen) atoms. The highest BCUT2D eigenvalue weighted by molar-refractivity contribution is 5.77. The van der Waals surface area contributed by atoms with Gasteiger partial charge in [-0.15, -0.1) is 0 Å². The number of fused-ring (bicyclic) bond motifs is 1. The Balaban J connectivity index is 2.05. The third-order valence-electron chi connectivity index (χ3n) is 2.88. The fraction of sp³-hybridized carbons (Fsp3) is 0.417. The third-order valence-corrected chi connectivity index (χ3v) is 2.88. The Kier molecular flexibility index (Phi) is 2.70. The Morgan fingerprint density at radius 1 is 1.47 bits per heavy atom. The molecule has 1 atom stereocenters. The van der Waals surface area contributed by atoms with E-state index in [1.54, 1.807) is 7.11 Å². The second-order valence-corrected chi connectivity index (χ2v) is 3.94. The van der Waals surface area contributed by atoms with Crippen LogP contribution in [0.4, 0.5) is 0 Å². The van der Waals surface area contributed by atoms with Gasteiger partial charge in [-0.05, 0) is 6.07 Å². The minimum absolute atomic E-state index is 0.0299. The van der Waals surface area contributed by atoms with Crippen LogP contribution in [0.2, 0.25) is 0 Å². The molecule has 0 spiro atoms. The van der Waals surface area contributed by atoms with Crippen molar-refractivity contribution < 1.29 is 13.9 Å². The summed E-state index contributed by atoms with van der Waals surface area (Å²) in [7, 11) is 1.54. The summed E-state index contributed by atoms with van der Waals surface area (Å²) < 4.78 is 16.2. The van der Waals surface area contributed by atoms with E-state index in [2.05, 4.69) is 10.3 Å². The van der Waals surface area contributed by atoms with Crippen LogP contribution in [0.25, 0.3) is 11.1 Å². The number of methoxy groups -OCH3 is 1. The van der Waals surface area contributed by atoms with E-state index in [0.717, 1.165) is 36.4 Å². The van der Waals surface area contributed by atoms with Crippen molar-refractivity contribution in [1.29, 1.82) is 0 Å². The quantitative estimate of drug-likeness (QED) is 0.853. The van der Waals surface area contributed by atoms with Crippen molar-refractivity contribution in [2.24, 2.45) is 0 Å². The van der Waals surface area contributed by atoms with Crippen LogP contribution in [0.15, 0.2) is 22.6 Å². The maximum atomic E-state index is 5.73. The number of nitrogens with zero attached hydrogens (tertiary/aromatic N) is 1. The Morgan fingerprint density at radius 2 is 2.41 bits per heavy atom. The molecule has 1 unspecified atom stereocenters. The molecule has 1 aromatic heterocycles. The number of rotatable bonds is 2. The SMILES string of the molecule is COc1nc2c(C3CNCCO3)cccc2o1. The Labute approximate surface area is 98.7 Å². The van der Waals surface area contributed by atoms with Crippen molar-refractivity contribution in [3.63, 3.8) is 0 Å². The lowest BCUT2D eigenvalue weighted by Crippen LogP contribution is -2.33. The van der Waals surface area contributed by atoms with Gasteiger partial charge in [-0.1, -0.05) is 12.1 Å². The second-order valence-electron chi connectivity index (χ2n) is 3.94. The first-order chi connectivity index (χ1) is 8.38. The van der Waals surface area contributed by atoms with E-state index in [1.807, 2.05) is 18.2 Å². The lowest BCUT2D eigenvalue weighted by Gasteiger charge is -2.23. The van der Waals surface area contributed by atoms with E-state index >= 15 is 0 Å². The molecule has 0 radical (unpaired) electrons. The largest absolute Gasteiger partial charge is 0.453 e. The summed E-state index contributed by atoms with van der Waals surface area (Å²) >= 11 is 0. The standard InChI is InChI=1S/C12H14N2O3/c1-15-12-14-11-8(3-2-4-9(11)17-12)10-7-13-5-6-16-10/h2-4,10,13H,5-7H2,1H3. The number of aromatic nitrogens is 1. The smallest absolute Gasteiger partial charge is 0.394 e. The van der Waals surface area contributed by atoms with Gasteiger partial charge in [0.1, 0.15) is 5.52 Å². The first kappa shape index (κ1) is 10.6. The second kappa shape index (κ2) is 4.35. The van der Waals surface area contributed by atoms with Crippen molar-refractivity contribution in [2.75, 3.05) is 26.8 Å². The van der Waals surface area contributed by atoms with Crippen molar-refractivity contribution in [1.82, 2.24) is 10.3 Å². The lowest BCUT2D eigenvalue weighted by atomic mass is 10.1. The number of benzene rings is 1. The monoisotopic (exact) mass is 234 g/mol. The molecular weight excluding hydrogens is 220 g/mol. The molecular formula is C12H14N2O3. The molecule has 3 rings (SSSR count). The number of ether oxygens (including phenoxy) is 2. The van der Waals surface area contributed by atoms with Crippen LogP contribution < -0.4 is 10.1 Å². The van der Waals surface area contributed by atoms with Gasteiger partial charge in [-0.3, -0.25) is 0 Å². The maximum Gasteiger partial charge on any atom is 0.394 e. The highest BCUT2D eigenvalue weighted by Crippen LogP contribution is 2.29. The first-order valence-corrected chi connectivity index (χ1v) is 5.64. The molecule has 0 bridgehead atoms. The summed E-state index contributed by atoms with van der Waals surface area (Å²) in [6, 6.07) is 5.84. The topological polar surface area (TPSA) is 56.5 Å². The van der Waals surface area contributed by atoms with Gasteiger partial charge in [-0.2, -0.15) is 4.98 Å². The summed E-state index contributed by atoms with van der Waals surface area (Å²) in [4.78, 5) is 4.31. The average Bonchev–Trinajstić information content (AvgIpc) is 2.82. The van der Waals surface area contributed by atoms with Crippen LogP contribution in [-0.2, 0) is 4.74 Å². The van der Waals surface area contributed by atoms with E-state index in [1.165, 1.54) is 0 Å². The van der Waals surface area contributed by atoms with Crippen LogP contribution >= 0.6 is 0 Å². The molecule has 2 heterocycles. The van der Waals surface area contributed by atoms with Crippen molar-refractivity contribution in [3.8, 4) is 6.08 Å². The van der Waals surface area contributed by atoms with Crippen molar-refractivity contribution in [2.45, 2.75) is 6.10 Å². The molecule has 2 aromatic rings. The molecule has 1 fully saturated rings. The van der Waals surface area contributed by atoms with Gasteiger partial charge >= 0.3 is 6.08 Å². The average molecular weight is 234 g/mol. The summed E-state index contributed by atoms with van der Waals surface area (Å²) in [5.74, 6) is 0. The van der Waals surface area contributed by atoms with E-state index in [4.69, 9.17) is 13.9 Å². The predicted octanol–water partition coefficient (Wildman–Crippen LogP) is 1.50. The number of para-hydroxylation sites is 1. The van der Waals surface area contributed by atoms with Gasteiger partial charge < -0.3 is 19.2 Å². The number of nitrogens with one attached hydrogen (secondary N) is 1. The van der Waals surface area contributed by atoms with Gasteiger partial charge in [0.25, 0.3) is 0 Å². The van der Waals surface area contributed by atoms with Gasteiger partial charge in [0.05, 0.1) is 19.8 Å². The molecule has 0 saturated carbocycles. The van der Waals surface area contributed by atoms with Crippen molar-refractivity contribution >= 4 is 11.1 Å². The van der Waals surface area contributed by atoms with Crippen LogP contribution in [0.1, 0.15) is 11.7 Å². The molecule has 1 aliphatic rings. The Bertz CT molecular complexity index is 517. The fourth-order valence-corrected chi connectivity index (χ4v) is 2.06. The minimum atomic E-state index is 0.0299. The summed E-state index contributed by atoms with van der Waals surface area (Å²) in [6.07, 6.45) is 0.318. The van der Waals surface area contributed by atoms with E-state index in [-0.39, 0.29) is 12.2 Å². The molecule has 5 nitrogen and oxygen atoms in total. The molecule has 0 aliphatic carbocycles. The summed E-state index contributed by atoms with van der Waals surface area (Å²) in [5, 5.41) is 3.30. The Morgan fingerprint density at radius 3 is 3.18 bits per heavy atom. The zero-order chi connectivity index (χ0) is 11.7. The molecule has 0 amide bonds. The minimum Gasteiger partial charge on any atom is -0.453 e. The van der Waals surface area contributed by atoms with E-state index < -0.39 is 0 Å². The van der Waals surface area contributed by atoms with Crippen LogP contribution in [0.3, 0.4) is 0 Å². The summed E-state index contributed by atoms with van der Waals surface area (Å²) in [5.41, 5.74) is 2.59. The summed E-state index contributed by atoms with van der Waals surface area (Å²) in [6.45, 7) is 2.42. The molecule has 5 heteroatoms. The van der Waals surface area contributed by atoms with Crippen LogP contribution in [0, 0.1) is 0 Å². The number of oxazole rings is 1. The molecule has 1 aliphatic heterocycles. The van der Waals surface area contributed by atoms with Gasteiger partial charge in [-0.25, -0.2) is 0 Å². The van der Waals surface area contributed by atoms with E-state index in [9.17, 15) is 0 Å². The zero-order valence-corrected chi connectivity index (χ0v) is 9.60. The van der Waals surface area contributed by atoms with E-state index in [0.29, 0.717) is 0 Å². The first-order valence-electron chi connectivity index (χ1n) is 5.64. The predicted molar refractivity (Wildman–Crippen MR) is 62.1 cm³/mol. The maximum absolute atomic E-state index is 5.73. The number of hydrogen-bond acceptors (Lipinski definition) is 5. The zero-order valence-electron chi connectivity index (χ0n) is 9.60. The molecule has 90 valence electrons. The number of hydrogen-bond donors (Lipinski definition) is 1. The lowest BCUT2D eigenvalue weighted by molar-refractivity contribution is 0.0285. The van der Waals surface area contributed by atoms with Gasteiger partial charge in [0, 0.05) is 18.7 Å².